The summed E-state index contributed by atoms with van der Waals surface area (Å²) in [6, 6.07) is 3.91. The molecule has 0 unspecified atom stereocenters. The zero-order chi connectivity index (χ0) is 14.4. The minimum Gasteiger partial charge on any atom is -0.355 e. The van der Waals surface area contributed by atoms with E-state index in [1.165, 1.54) is 11.3 Å². The van der Waals surface area contributed by atoms with E-state index in [9.17, 15) is 9.59 Å². The summed E-state index contributed by atoms with van der Waals surface area (Å²) < 4.78 is 0. The van der Waals surface area contributed by atoms with Crippen LogP contribution in [0.5, 0.6) is 0 Å². The largest absolute Gasteiger partial charge is 0.355 e. The second-order valence-electron chi connectivity index (χ2n) is 4.05. The molecule has 2 heterocycles. The second kappa shape index (κ2) is 7.16. The predicted molar refractivity (Wildman–Crippen MR) is 81.1 cm³/mol. The Labute approximate surface area is 125 Å². The van der Waals surface area contributed by atoms with Crippen molar-refractivity contribution in [3.8, 4) is 9.88 Å². The molecule has 106 valence electrons. The van der Waals surface area contributed by atoms with Crippen molar-refractivity contribution in [1.82, 2.24) is 15.6 Å². The van der Waals surface area contributed by atoms with Crippen LogP contribution in [0.4, 0.5) is 0 Å². The van der Waals surface area contributed by atoms with Gasteiger partial charge < -0.3 is 10.6 Å². The highest BCUT2D eigenvalue weighted by atomic mass is 32.1. The predicted octanol–water partition coefficient (Wildman–Crippen LogP) is 2.13. The molecule has 0 aliphatic rings. The van der Waals surface area contributed by atoms with Crippen LogP contribution in [0, 0.1) is 0 Å². The van der Waals surface area contributed by atoms with Gasteiger partial charge in [-0.2, -0.15) is 0 Å². The second-order valence-corrected chi connectivity index (χ2v) is 5.85. The summed E-state index contributed by atoms with van der Waals surface area (Å²) in [6.07, 6.45) is 0.871. The van der Waals surface area contributed by atoms with E-state index in [1.807, 2.05) is 24.4 Å². The summed E-state index contributed by atoms with van der Waals surface area (Å²) in [7, 11) is 0. The lowest BCUT2D eigenvalue weighted by Crippen LogP contribution is -2.37. The van der Waals surface area contributed by atoms with Gasteiger partial charge in [0.25, 0.3) is 5.91 Å². The number of thiophene rings is 1. The molecule has 0 atom stereocenters. The first-order chi connectivity index (χ1) is 9.70. The van der Waals surface area contributed by atoms with E-state index in [0.717, 1.165) is 16.3 Å². The molecule has 0 bridgehead atoms. The van der Waals surface area contributed by atoms with Gasteiger partial charge in [0.15, 0.2) is 0 Å². The third-order valence-corrected chi connectivity index (χ3v) is 4.33. The maximum Gasteiger partial charge on any atom is 0.271 e. The average Bonchev–Trinajstić information content (AvgIpc) is 3.11. The third kappa shape index (κ3) is 3.88. The number of thiazole rings is 1. The lowest BCUT2D eigenvalue weighted by molar-refractivity contribution is -0.120. The molecule has 2 N–H and O–H groups in total. The van der Waals surface area contributed by atoms with E-state index < -0.39 is 0 Å². The van der Waals surface area contributed by atoms with Crippen LogP contribution in [0.25, 0.3) is 9.88 Å². The van der Waals surface area contributed by atoms with E-state index in [1.54, 1.807) is 16.7 Å². The number of nitrogens with one attached hydrogen (secondary N) is 2. The molecule has 2 rings (SSSR count). The molecule has 7 heteroatoms. The van der Waals surface area contributed by atoms with Crippen LogP contribution in [0.15, 0.2) is 22.9 Å². The van der Waals surface area contributed by atoms with E-state index >= 15 is 0 Å². The van der Waals surface area contributed by atoms with Gasteiger partial charge >= 0.3 is 0 Å². The number of nitrogens with zero attached hydrogens (tertiary/aromatic N) is 1. The van der Waals surface area contributed by atoms with Crippen LogP contribution in [0.3, 0.4) is 0 Å². The Hall–Kier alpha value is -1.73. The van der Waals surface area contributed by atoms with Crippen LogP contribution in [-0.2, 0) is 4.79 Å². The maximum atomic E-state index is 11.9. The van der Waals surface area contributed by atoms with Crippen molar-refractivity contribution in [3.63, 3.8) is 0 Å². The maximum absolute atomic E-state index is 11.9. The van der Waals surface area contributed by atoms with E-state index in [2.05, 4.69) is 15.6 Å². The molecule has 0 saturated heterocycles. The van der Waals surface area contributed by atoms with Crippen molar-refractivity contribution >= 4 is 34.5 Å². The van der Waals surface area contributed by atoms with Crippen molar-refractivity contribution in [2.75, 3.05) is 13.1 Å². The van der Waals surface area contributed by atoms with E-state index in [4.69, 9.17) is 0 Å². The molecular weight excluding hydrogens is 294 g/mol. The molecule has 0 saturated carbocycles. The van der Waals surface area contributed by atoms with Crippen LogP contribution < -0.4 is 10.6 Å². The van der Waals surface area contributed by atoms with E-state index in [0.29, 0.717) is 12.2 Å². The molecule has 2 aromatic heterocycles. The Morgan fingerprint density at radius 2 is 2.15 bits per heavy atom. The fourth-order valence-corrected chi connectivity index (χ4v) is 3.08. The Bertz CT molecular complexity index is 578. The Morgan fingerprint density at radius 3 is 2.85 bits per heavy atom. The van der Waals surface area contributed by atoms with Gasteiger partial charge in [-0.05, 0) is 17.9 Å². The summed E-state index contributed by atoms with van der Waals surface area (Å²) in [5.74, 6) is -0.510. The summed E-state index contributed by atoms with van der Waals surface area (Å²) in [6.45, 7) is 2.57. The summed E-state index contributed by atoms with van der Waals surface area (Å²) >= 11 is 3.00. The number of rotatable bonds is 6. The summed E-state index contributed by atoms with van der Waals surface area (Å²) in [4.78, 5) is 28.6. The summed E-state index contributed by atoms with van der Waals surface area (Å²) in [5, 5.41) is 9.75. The van der Waals surface area contributed by atoms with Crippen LogP contribution >= 0.6 is 22.7 Å². The molecular formula is C13H15N3O2S2. The topological polar surface area (TPSA) is 71.1 Å². The van der Waals surface area contributed by atoms with Crippen LogP contribution in [0.1, 0.15) is 23.8 Å². The molecule has 2 amide bonds. The first kappa shape index (κ1) is 14.7. The van der Waals surface area contributed by atoms with Gasteiger partial charge in [-0.3, -0.25) is 9.59 Å². The Morgan fingerprint density at radius 1 is 1.30 bits per heavy atom. The van der Waals surface area contributed by atoms with Crippen molar-refractivity contribution in [1.29, 1.82) is 0 Å². The number of aromatic nitrogens is 1. The average molecular weight is 309 g/mol. The first-order valence-corrected chi connectivity index (χ1v) is 8.01. The highest BCUT2D eigenvalue weighted by molar-refractivity contribution is 7.20. The van der Waals surface area contributed by atoms with Crippen molar-refractivity contribution in [3.05, 3.63) is 28.6 Å². The van der Waals surface area contributed by atoms with Gasteiger partial charge in [0, 0.05) is 11.9 Å². The zero-order valence-corrected chi connectivity index (χ0v) is 12.6. The molecule has 0 aliphatic carbocycles. The number of hydrogen-bond donors (Lipinski definition) is 2. The van der Waals surface area contributed by atoms with Gasteiger partial charge in [0.1, 0.15) is 10.7 Å². The lowest BCUT2D eigenvalue weighted by Gasteiger charge is -2.04. The number of amides is 2. The smallest absolute Gasteiger partial charge is 0.271 e. The summed E-state index contributed by atoms with van der Waals surface area (Å²) in [5.41, 5.74) is 0.349. The number of carbonyl (C=O) groups excluding carboxylic acids is 2. The highest BCUT2D eigenvalue weighted by Gasteiger charge is 2.13. The molecule has 0 aromatic carbocycles. The molecule has 20 heavy (non-hydrogen) atoms. The monoisotopic (exact) mass is 309 g/mol. The molecule has 0 radical (unpaired) electrons. The minimum absolute atomic E-state index is 0.0231. The van der Waals surface area contributed by atoms with Crippen LogP contribution in [-0.4, -0.2) is 29.9 Å². The molecule has 0 aliphatic heterocycles. The fourth-order valence-electron chi connectivity index (χ4n) is 1.47. The molecule has 2 aromatic rings. The lowest BCUT2D eigenvalue weighted by atomic mass is 10.4. The van der Waals surface area contributed by atoms with Crippen molar-refractivity contribution in [2.45, 2.75) is 13.3 Å². The standard InChI is InChI=1S/C13H15N3O2S2/c1-2-5-14-11(17)7-15-12(18)9-8-20-13(16-9)10-4-3-6-19-10/h3-4,6,8H,2,5,7H2,1H3,(H,14,17)(H,15,18). The van der Waals surface area contributed by atoms with Gasteiger partial charge in [0.05, 0.1) is 11.4 Å². The Balaban J connectivity index is 1.88. The van der Waals surface area contributed by atoms with Gasteiger partial charge in [-0.25, -0.2) is 4.98 Å². The molecule has 0 fully saturated rings. The van der Waals surface area contributed by atoms with Gasteiger partial charge in [0.2, 0.25) is 5.91 Å². The minimum atomic E-state index is -0.323. The van der Waals surface area contributed by atoms with Crippen molar-refractivity contribution < 1.29 is 9.59 Å². The third-order valence-electron chi connectivity index (χ3n) is 2.45. The van der Waals surface area contributed by atoms with Gasteiger partial charge in [-0.15, -0.1) is 22.7 Å². The SMILES string of the molecule is CCCNC(=O)CNC(=O)c1csc(-c2cccs2)n1. The zero-order valence-electron chi connectivity index (χ0n) is 11.0. The van der Waals surface area contributed by atoms with E-state index in [-0.39, 0.29) is 18.4 Å². The number of hydrogen-bond acceptors (Lipinski definition) is 5. The van der Waals surface area contributed by atoms with Crippen LogP contribution in [0.2, 0.25) is 0 Å². The van der Waals surface area contributed by atoms with Crippen molar-refractivity contribution in [2.24, 2.45) is 0 Å². The normalized spacial score (nSPS) is 10.2. The highest BCUT2D eigenvalue weighted by Crippen LogP contribution is 2.27. The Kier molecular flexibility index (Phi) is 5.25. The fraction of sp³-hybridized carbons (Fsp3) is 0.308. The number of carbonyl (C=O) groups is 2. The molecule has 0 spiro atoms. The molecule has 5 nitrogen and oxygen atoms in total. The quantitative estimate of drug-likeness (QED) is 0.858. The first-order valence-electron chi connectivity index (χ1n) is 6.25. The van der Waals surface area contributed by atoms with Gasteiger partial charge in [-0.1, -0.05) is 13.0 Å².